The molecule has 0 saturated carbocycles. The number of aromatic nitrogens is 2. The van der Waals surface area contributed by atoms with E-state index in [-0.39, 0.29) is 6.04 Å². The fourth-order valence-corrected chi connectivity index (χ4v) is 3.16. The minimum Gasteiger partial charge on any atom is -0.355 e. The van der Waals surface area contributed by atoms with E-state index in [1.807, 2.05) is 6.07 Å². The third kappa shape index (κ3) is 2.52. The first kappa shape index (κ1) is 13.4. The van der Waals surface area contributed by atoms with E-state index in [2.05, 4.69) is 41.5 Å². The summed E-state index contributed by atoms with van der Waals surface area (Å²) < 4.78 is 2.19. The lowest BCUT2D eigenvalue weighted by atomic mass is 10.00. The van der Waals surface area contributed by atoms with Gasteiger partial charge in [0.05, 0.1) is 5.69 Å². The number of pyridine rings is 1. The van der Waals surface area contributed by atoms with Crippen LogP contribution in [-0.2, 0) is 6.42 Å². The van der Waals surface area contributed by atoms with Gasteiger partial charge >= 0.3 is 0 Å². The number of imidazole rings is 1. The number of piperidine rings is 1. The van der Waals surface area contributed by atoms with Gasteiger partial charge in [0.15, 0.2) is 5.82 Å². The van der Waals surface area contributed by atoms with E-state index in [4.69, 9.17) is 10.7 Å². The molecule has 4 heteroatoms. The number of rotatable bonds is 3. The average Bonchev–Trinajstić information content (AvgIpc) is 2.77. The topological polar surface area (TPSA) is 46.6 Å². The zero-order chi connectivity index (χ0) is 14.1. The molecule has 1 saturated heterocycles. The van der Waals surface area contributed by atoms with E-state index in [0.29, 0.717) is 0 Å². The van der Waals surface area contributed by atoms with Crippen LogP contribution in [0.4, 0.5) is 5.82 Å². The normalized spacial score (nSPS) is 21.4. The summed E-state index contributed by atoms with van der Waals surface area (Å²) in [6, 6.07) is 6.32. The first-order chi connectivity index (χ1) is 9.65. The van der Waals surface area contributed by atoms with Gasteiger partial charge in [0.25, 0.3) is 0 Å². The predicted molar refractivity (Wildman–Crippen MR) is 83.2 cm³/mol. The standard InChI is InChI=1S/C16H24N4/c1-12-6-5-8-19(11-12)16-14(10-13(2)17)20-9-4-3-7-15(20)18-16/h3-4,7,9,12-13H,5-6,8,10-11,17H2,1-2H3. The molecule has 3 rings (SSSR count). The van der Waals surface area contributed by atoms with Crippen molar-refractivity contribution in [3.8, 4) is 0 Å². The molecule has 4 nitrogen and oxygen atoms in total. The highest BCUT2D eigenvalue weighted by Crippen LogP contribution is 2.27. The Hall–Kier alpha value is -1.55. The molecule has 108 valence electrons. The molecule has 2 unspecified atom stereocenters. The Kier molecular flexibility index (Phi) is 3.66. The summed E-state index contributed by atoms with van der Waals surface area (Å²) in [5.41, 5.74) is 8.32. The summed E-state index contributed by atoms with van der Waals surface area (Å²) >= 11 is 0. The van der Waals surface area contributed by atoms with E-state index in [1.165, 1.54) is 18.5 Å². The fourth-order valence-electron chi connectivity index (χ4n) is 3.16. The highest BCUT2D eigenvalue weighted by molar-refractivity contribution is 5.56. The SMILES string of the molecule is CC(N)Cc1c(N2CCCC(C)C2)nc2ccccn12. The number of nitrogens with zero attached hydrogens (tertiary/aromatic N) is 3. The highest BCUT2D eigenvalue weighted by Gasteiger charge is 2.23. The largest absolute Gasteiger partial charge is 0.355 e. The van der Waals surface area contributed by atoms with Crippen LogP contribution in [0.2, 0.25) is 0 Å². The van der Waals surface area contributed by atoms with Crippen molar-refractivity contribution in [1.29, 1.82) is 0 Å². The number of anilines is 1. The minimum atomic E-state index is 0.149. The second-order valence-corrected chi connectivity index (χ2v) is 6.19. The van der Waals surface area contributed by atoms with Crippen LogP contribution in [0.5, 0.6) is 0 Å². The van der Waals surface area contributed by atoms with Crippen molar-refractivity contribution in [1.82, 2.24) is 9.38 Å². The van der Waals surface area contributed by atoms with Crippen LogP contribution >= 0.6 is 0 Å². The summed E-state index contributed by atoms with van der Waals surface area (Å²) in [7, 11) is 0. The maximum atomic E-state index is 6.04. The molecule has 2 N–H and O–H groups in total. The molecule has 3 heterocycles. The van der Waals surface area contributed by atoms with Gasteiger partial charge in [-0.25, -0.2) is 4.98 Å². The Labute approximate surface area is 120 Å². The monoisotopic (exact) mass is 272 g/mol. The molecule has 2 aromatic heterocycles. The summed E-state index contributed by atoms with van der Waals surface area (Å²) in [6.07, 6.45) is 5.54. The third-order valence-corrected chi connectivity index (χ3v) is 4.08. The zero-order valence-corrected chi connectivity index (χ0v) is 12.4. The van der Waals surface area contributed by atoms with Crippen molar-refractivity contribution < 1.29 is 0 Å². The maximum absolute atomic E-state index is 6.04. The van der Waals surface area contributed by atoms with Crippen molar-refractivity contribution >= 4 is 11.5 Å². The average molecular weight is 272 g/mol. The van der Waals surface area contributed by atoms with Crippen LogP contribution in [0, 0.1) is 5.92 Å². The van der Waals surface area contributed by atoms with Crippen LogP contribution in [0.15, 0.2) is 24.4 Å². The minimum absolute atomic E-state index is 0.149. The van der Waals surface area contributed by atoms with Gasteiger partial charge in [0, 0.05) is 31.7 Å². The summed E-state index contributed by atoms with van der Waals surface area (Å²) in [4.78, 5) is 7.30. The molecule has 0 aromatic carbocycles. The van der Waals surface area contributed by atoms with E-state index in [1.54, 1.807) is 0 Å². The summed E-state index contributed by atoms with van der Waals surface area (Å²) in [5, 5.41) is 0. The van der Waals surface area contributed by atoms with Crippen molar-refractivity contribution in [2.24, 2.45) is 11.7 Å². The fraction of sp³-hybridized carbons (Fsp3) is 0.562. The molecule has 2 aromatic rings. The van der Waals surface area contributed by atoms with E-state index in [9.17, 15) is 0 Å². The van der Waals surface area contributed by atoms with Crippen LogP contribution in [-0.4, -0.2) is 28.5 Å². The van der Waals surface area contributed by atoms with Gasteiger partial charge in [-0.05, 0) is 37.8 Å². The molecule has 0 amide bonds. The molecule has 2 atom stereocenters. The third-order valence-electron chi connectivity index (χ3n) is 4.08. The lowest BCUT2D eigenvalue weighted by molar-refractivity contribution is 0.444. The molecule has 1 fully saturated rings. The van der Waals surface area contributed by atoms with E-state index in [0.717, 1.165) is 36.9 Å². The molecular weight excluding hydrogens is 248 g/mol. The number of hydrogen-bond donors (Lipinski definition) is 1. The Morgan fingerprint density at radius 1 is 1.45 bits per heavy atom. The first-order valence-corrected chi connectivity index (χ1v) is 7.61. The molecule has 0 bridgehead atoms. The molecule has 1 aliphatic heterocycles. The zero-order valence-electron chi connectivity index (χ0n) is 12.4. The van der Waals surface area contributed by atoms with Crippen molar-refractivity contribution in [2.75, 3.05) is 18.0 Å². The molecule has 20 heavy (non-hydrogen) atoms. The van der Waals surface area contributed by atoms with Crippen molar-refractivity contribution in [3.05, 3.63) is 30.1 Å². The molecule has 0 spiro atoms. The predicted octanol–water partition coefficient (Wildman–Crippen LogP) is 2.46. The second-order valence-electron chi connectivity index (χ2n) is 6.19. The van der Waals surface area contributed by atoms with Crippen LogP contribution < -0.4 is 10.6 Å². The van der Waals surface area contributed by atoms with Gasteiger partial charge in [-0.1, -0.05) is 13.0 Å². The number of fused-ring (bicyclic) bond motifs is 1. The van der Waals surface area contributed by atoms with Crippen LogP contribution in [0.25, 0.3) is 5.65 Å². The van der Waals surface area contributed by atoms with E-state index < -0.39 is 0 Å². The smallest absolute Gasteiger partial charge is 0.151 e. The second kappa shape index (κ2) is 5.44. The Morgan fingerprint density at radius 2 is 2.30 bits per heavy atom. The Bertz CT molecular complexity index is 587. The van der Waals surface area contributed by atoms with E-state index >= 15 is 0 Å². The lowest BCUT2D eigenvalue weighted by Crippen LogP contribution is -2.35. The van der Waals surface area contributed by atoms with Crippen molar-refractivity contribution in [2.45, 2.75) is 39.2 Å². The van der Waals surface area contributed by atoms with Crippen molar-refractivity contribution in [3.63, 3.8) is 0 Å². The molecule has 0 aliphatic carbocycles. The summed E-state index contributed by atoms with van der Waals surface area (Å²) in [5.74, 6) is 1.89. The molecule has 0 radical (unpaired) electrons. The quantitative estimate of drug-likeness (QED) is 0.933. The van der Waals surface area contributed by atoms with Gasteiger partial charge < -0.3 is 15.0 Å². The Morgan fingerprint density at radius 3 is 3.05 bits per heavy atom. The molecular formula is C16H24N4. The highest BCUT2D eigenvalue weighted by atomic mass is 15.2. The van der Waals surface area contributed by atoms with Gasteiger partial charge in [0.1, 0.15) is 5.65 Å². The van der Waals surface area contributed by atoms with Gasteiger partial charge in [-0.2, -0.15) is 0 Å². The van der Waals surface area contributed by atoms with Crippen LogP contribution in [0.1, 0.15) is 32.4 Å². The number of nitrogens with two attached hydrogens (primary N) is 1. The van der Waals surface area contributed by atoms with Gasteiger partial charge in [-0.15, -0.1) is 0 Å². The lowest BCUT2D eigenvalue weighted by Gasteiger charge is -2.32. The van der Waals surface area contributed by atoms with Gasteiger partial charge in [0.2, 0.25) is 0 Å². The number of hydrogen-bond acceptors (Lipinski definition) is 3. The van der Waals surface area contributed by atoms with Crippen LogP contribution in [0.3, 0.4) is 0 Å². The maximum Gasteiger partial charge on any atom is 0.151 e. The van der Waals surface area contributed by atoms with Gasteiger partial charge in [-0.3, -0.25) is 0 Å². The Balaban J connectivity index is 2.04. The summed E-state index contributed by atoms with van der Waals surface area (Å²) in [6.45, 7) is 6.61. The first-order valence-electron chi connectivity index (χ1n) is 7.61. The molecule has 1 aliphatic rings.